The van der Waals surface area contributed by atoms with Gasteiger partial charge in [0.05, 0.1) is 30.1 Å². The maximum absolute atomic E-state index is 12.5. The topological polar surface area (TPSA) is 73.1 Å². The van der Waals surface area contributed by atoms with Crippen LogP contribution in [0.3, 0.4) is 0 Å². The summed E-state index contributed by atoms with van der Waals surface area (Å²) in [4.78, 5) is 27.6. The Morgan fingerprint density at radius 1 is 1.25 bits per heavy atom. The lowest BCUT2D eigenvalue weighted by atomic mass is 9.90. The van der Waals surface area contributed by atoms with Crippen molar-refractivity contribution in [2.45, 2.75) is 37.8 Å². The molecule has 0 aromatic carbocycles. The van der Waals surface area contributed by atoms with Crippen molar-refractivity contribution in [2.24, 2.45) is 7.05 Å². The highest BCUT2D eigenvalue weighted by atomic mass is 16.5. The van der Waals surface area contributed by atoms with Gasteiger partial charge in [0, 0.05) is 25.9 Å². The lowest BCUT2D eigenvalue weighted by molar-refractivity contribution is -0.00959. The van der Waals surface area contributed by atoms with Gasteiger partial charge in [0.1, 0.15) is 6.33 Å². The number of anilines is 1. The Bertz CT molecular complexity index is 774. The highest BCUT2D eigenvalue weighted by Gasteiger charge is 2.36. The first-order chi connectivity index (χ1) is 11.7. The van der Waals surface area contributed by atoms with Gasteiger partial charge in [0.25, 0.3) is 5.56 Å². The van der Waals surface area contributed by atoms with Crippen LogP contribution in [0.2, 0.25) is 0 Å². The summed E-state index contributed by atoms with van der Waals surface area (Å²) in [7, 11) is 1.78. The summed E-state index contributed by atoms with van der Waals surface area (Å²) >= 11 is 0. The van der Waals surface area contributed by atoms with Crippen molar-refractivity contribution < 1.29 is 4.74 Å². The number of ether oxygens (including phenoxy) is 1. The first-order valence-electron chi connectivity index (χ1n) is 8.47. The molecule has 7 nitrogen and oxygen atoms in total. The molecule has 0 N–H and O–H groups in total. The van der Waals surface area contributed by atoms with Crippen LogP contribution in [0, 0.1) is 0 Å². The molecule has 2 atom stereocenters. The molecular formula is C17H21N5O2. The Kier molecular flexibility index (Phi) is 4.02. The minimum Gasteiger partial charge on any atom is -0.374 e. The van der Waals surface area contributed by atoms with Crippen molar-refractivity contribution in [1.29, 1.82) is 0 Å². The molecule has 1 saturated heterocycles. The first-order valence-corrected chi connectivity index (χ1v) is 8.47. The second kappa shape index (κ2) is 6.32. The molecule has 0 spiro atoms. The summed E-state index contributed by atoms with van der Waals surface area (Å²) in [5.74, 6) is 0.705. The molecule has 2 aliphatic rings. The van der Waals surface area contributed by atoms with Gasteiger partial charge in [-0.2, -0.15) is 0 Å². The molecular weight excluding hydrogens is 306 g/mol. The van der Waals surface area contributed by atoms with Crippen LogP contribution < -0.4 is 10.5 Å². The van der Waals surface area contributed by atoms with Gasteiger partial charge in [-0.3, -0.25) is 9.36 Å². The molecule has 0 bridgehead atoms. The molecule has 3 heterocycles. The maximum Gasteiger partial charge on any atom is 0.255 e. The van der Waals surface area contributed by atoms with E-state index < -0.39 is 0 Å². The quantitative estimate of drug-likeness (QED) is 0.830. The number of nitrogens with zero attached hydrogens (tertiary/aromatic N) is 5. The van der Waals surface area contributed by atoms with Crippen LogP contribution in [0.25, 0.3) is 11.4 Å². The van der Waals surface area contributed by atoms with Crippen molar-refractivity contribution >= 4 is 5.95 Å². The van der Waals surface area contributed by atoms with E-state index in [1.165, 1.54) is 25.2 Å². The van der Waals surface area contributed by atoms with Crippen LogP contribution in [0.1, 0.15) is 25.7 Å². The van der Waals surface area contributed by atoms with E-state index in [-0.39, 0.29) is 11.7 Å². The fraction of sp³-hybridized carbons (Fsp3) is 0.529. The Balaban J connectivity index is 1.77. The zero-order valence-electron chi connectivity index (χ0n) is 13.8. The van der Waals surface area contributed by atoms with E-state index in [2.05, 4.69) is 14.9 Å². The second-order valence-corrected chi connectivity index (χ2v) is 6.39. The average Bonchev–Trinajstić information content (AvgIpc) is 2.64. The Morgan fingerprint density at radius 3 is 2.96 bits per heavy atom. The Hall–Kier alpha value is -2.28. The number of fused-ring (bicyclic) bond motifs is 1. The Morgan fingerprint density at radius 2 is 2.12 bits per heavy atom. The second-order valence-electron chi connectivity index (χ2n) is 6.39. The van der Waals surface area contributed by atoms with E-state index >= 15 is 0 Å². The van der Waals surface area contributed by atoms with Crippen molar-refractivity contribution in [3.63, 3.8) is 0 Å². The lowest BCUT2D eigenvalue weighted by Gasteiger charge is -2.44. The fourth-order valence-electron chi connectivity index (χ4n) is 3.70. The number of rotatable bonds is 2. The summed E-state index contributed by atoms with van der Waals surface area (Å²) in [6.45, 7) is 1.43. The van der Waals surface area contributed by atoms with Gasteiger partial charge < -0.3 is 9.64 Å². The van der Waals surface area contributed by atoms with Crippen molar-refractivity contribution in [3.8, 4) is 11.4 Å². The molecule has 4 rings (SSSR count). The lowest BCUT2D eigenvalue weighted by Crippen LogP contribution is -2.54. The molecule has 2 aromatic rings. The third-order valence-corrected chi connectivity index (χ3v) is 4.94. The molecule has 1 aliphatic heterocycles. The highest BCUT2D eigenvalue weighted by molar-refractivity contribution is 5.55. The van der Waals surface area contributed by atoms with Gasteiger partial charge in [-0.05, 0) is 18.9 Å². The van der Waals surface area contributed by atoms with Crippen LogP contribution in [-0.4, -0.2) is 44.8 Å². The summed E-state index contributed by atoms with van der Waals surface area (Å²) in [5.41, 5.74) is 1.18. The molecule has 1 saturated carbocycles. The van der Waals surface area contributed by atoms with E-state index in [0.29, 0.717) is 30.0 Å². The molecule has 7 heteroatoms. The number of aromatic nitrogens is 4. The molecule has 2 fully saturated rings. The van der Waals surface area contributed by atoms with E-state index in [0.717, 1.165) is 19.4 Å². The van der Waals surface area contributed by atoms with Gasteiger partial charge in [-0.1, -0.05) is 12.8 Å². The molecule has 2 aromatic heterocycles. The van der Waals surface area contributed by atoms with Crippen molar-refractivity contribution in [1.82, 2.24) is 19.5 Å². The summed E-state index contributed by atoms with van der Waals surface area (Å²) < 4.78 is 7.57. The average molecular weight is 327 g/mol. The summed E-state index contributed by atoms with van der Waals surface area (Å²) in [5, 5.41) is 0. The minimum atomic E-state index is -0.0764. The van der Waals surface area contributed by atoms with E-state index in [4.69, 9.17) is 9.72 Å². The minimum absolute atomic E-state index is 0.0764. The normalized spacial score (nSPS) is 23.8. The standard InChI is InChI=1S/C17H21N5O2/c1-21-16(23)10-13(12-6-7-18-11-19-12)20-17(21)22-8-9-24-15-5-3-2-4-14(15)22/h6-7,10-11,14-15H,2-5,8-9H2,1H3/t14-,15-/m1/s1. The predicted molar refractivity (Wildman–Crippen MR) is 89.8 cm³/mol. The Labute approximate surface area is 140 Å². The van der Waals surface area contributed by atoms with E-state index in [1.54, 1.807) is 23.9 Å². The predicted octanol–water partition coefficient (Wildman–Crippen LogP) is 1.39. The molecule has 24 heavy (non-hydrogen) atoms. The van der Waals surface area contributed by atoms with Crippen LogP contribution in [0.15, 0.2) is 29.5 Å². The van der Waals surface area contributed by atoms with Gasteiger partial charge in [0.2, 0.25) is 5.95 Å². The van der Waals surface area contributed by atoms with Gasteiger partial charge >= 0.3 is 0 Å². The number of hydrogen-bond acceptors (Lipinski definition) is 6. The van der Waals surface area contributed by atoms with Gasteiger partial charge in [-0.25, -0.2) is 15.0 Å². The zero-order chi connectivity index (χ0) is 16.5. The molecule has 126 valence electrons. The van der Waals surface area contributed by atoms with Crippen molar-refractivity contribution in [2.75, 3.05) is 18.1 Å². The van der Waals surface area contributed by atoms with Crippen LogP contribution in [0.4, 0.5) is 5.95 Å². The smallest absolute Gasteiger partial charge is 0.255 e. The molecule has 0 amide bonds. The SMILES string of the molecule is Cn1c(N2CCO[C@@H]3CCCC[C@H]32)nc(-c2ccncn2)cc1=O. The molecule has 0 unspecified atom stereocenters. The third kappa shape index (κ3) is 2.69. The number of morpholine rings is 1. The van der Waals surface area contributed by atoms with Crippen LogP contribution in [0.5, 0.6) is 0 Å². The monoisotopic (exact) mass is 327 g/mol. The molecule has 1 aliphatic carbocycles. The molecule has 0 radical (unpaired) electrons. The van der Waals surface area contributed by atoms with Gasteiger partial charge in [-0.15, -0.1) is 0 Å². The van der Waals surface area contributed by atoms with Crippen molar-refractivity contribution in [3.05, 3.63) is 35.0 Å². The highest BCUT2D eigenvalue weighted by Crippen LogP contribution is 2.31. The summed E-state index contributed by atoms with van der Waals surface area (Å²) in [6, 6.07) is 3.60. The number of hydrogen-bond donors (Lipinski definition) is 0. The zero-order valence-corrected chi connectivity index (χ0v) is 13.8. The fourth-order valence-corrected chi connectivity index (χ4v) is 3.70. The van der Waals surface area contributed by atoms with E-state index in [9.17, 15) is 4.79 Å². The first kappa shape index (κ1) is 15.3. The largest absolute Gasteiger partial charge is 0.374 e. The third-order valence-electron chi connectivity index (χ3n) is 4.94. The maximum atomic E-state index is 12.5. The van der Waals surface area contributed by atoms with Gasteiger partial charge in [0.15, 0.2) is 0 Å². The summed E-state index contributed by atoms with van der Waals surface area (Å²) in [6.07, 6.45) is 7.95. The van der Waals surface area contributed by atoms with Crippen LogP contribution in [-0.2, 0) is 11.8 Å². The van der Waals surface area contributed by atoms with Crippen LogP contribution >= 0.6 is 0 Å². The van der Waals surface area contributed by atoms with E-state index in [1.807, 2.05) is 0 Å².